The normalized spacial score (nSPS) is 8.85. The van der Waals surface area contributed by atoms with Crippen LogP contribution in [-0.2, 0) is 67.3 Å². The zero-order valence-corrected chi connectivity index (χ0v) is 18.7. The van der Waals surface area contributed by atoms with Gasteiger partial charge in [0.05, 0.1) is 0 Å². The second kappa shape index (κ2) is 22.4. The largest absolute Gasteiger partial charge is 2.00 e. The third-order valence-electron chi connectivity index (χ3n) is 0. The van der Waals surface area contributed by atoms with Gasteiger partial charge in [0, 0.05) is 0 Å². The molecule has 0 saturated heterocycles. The Morgan fingerprint density at radius 3 is 0.550 bits per heavy atom. The first kappa shape index (κ1) is 49.5. The Balaban J connectivity index is -0.0000000160. The van der Waals surface area contributed by atoms with Crippen LogP contribution < -0.4 is 62.9 Å². The maximum Gasteiger partial charge on any atom is 2.00 e. The summed E-state index contributed by atoms with van der Waals surface area (Å²) in [5.74, 6) is 0. The molecular weight excluding hydrogens is 492 g/mol. The summed E-state index contributed by atoms with van der Waals surface area (Å²) in [4.78, 5) is 76.9. The molecule has 20 heteroatoms. The molecule has 0 atom stereocenters. The molecule has 0 saturated carbocycles. The van der Waals surface area contributed by atoms with Crippen molar-refractivity contribution in [1.29, 1.82) is 0 Å². The smallest absolute Gasteiger partial charge is 0.822 e. The molecule has 0 aromatic rings. The van der Waals surface area contributed by atoms with E-state index in [1.54, 1.807) is 0 Å². The van der Waals surface area contributed by atoms with E-state index < -0.39 is 23.5 Å². The van der Waals surface area contributed by atoms with E-state index in [1.165, 1.54) is 0 Å². The number of hydrogen-bond acceptors (Lipinski definition) is 12. The summed E-state index contributed by atoms with van der Waals surface area (Å²) in [5, 5.41) is 0. The van der Waals surface area contributed by atoms with E-state index in [1.807, 2.05) is 0 Å². The predicted octanol–water partition coefficient (Wildman–Crippen LogP) is -11.9. The van der Waals surface area contributed by atoms with Crippen molar-refractivity contribution >= 4 is 46.5 Å². The van der Waals surface area contributed by atoms with Gasteiger partial charge in [0.15, 0.2) is 0 Å². The van der Waals surface area contributed by atoms with E-state index in [2.05, 4.69) is 0 Å². The van der Waals surface area contributed by atoms with Crippen molar-refractivity contribution in [3.05, 3.63) is 0 Å². The van der Waals surface area contributed by atoms with Crippen molar-refractivity contribution in [2.45, 2.75) is 0 Å². The third kappa shape index (κ3) is 786. The average Bonchev–Trinajstić information content (AvgIpc) is 1.41. The Labute approximate surface area is 175 Å². The van der Waals surface area contributed by atoms with Gasteiger partial charge in [-0.25, -0.2) is 0 Å². The van der Waals surface area contributed by atoms with Crippen LogP contribution in [0.5, 0.6) is 0 Å². The first-order valence-electron chi connectivity index (χ1n) is 2.19. The molecule has 1 radical (unpaired) electrons. The summed E-state index contributed by atoms with van der Waals surface area (Å²) in [7, 11) is -16.2. The molecule has 0 spiro atoms. The van der Waals surface area contributed by atoms with Crippen molar-refractivity contribution in [2.24, 2.45) is 0 Å². The standard InChI is InChI=1S/Fe.Li.Mg.Mn.3H3O4P.Zn/c;;;;3*1-5(2,3)4;/h;;;;3*(H3,1,2,3,4);/q+2;+1;2*+2;;;;+2/p-9. The summed E-state index contributed by atoms with van der Waals surface area (Å²) < 4.78 is 25.6. The van der Waals surface area contributed by atoms with Crippen LogP contribution in [0.4, 0.5) is 0 Å². The van der Waals surface area contributed by atoms with Gasteiger partial charge in [0.2, 0.25) is 0 Å². The summed E-state index contributed by atoms with van der Waals surface area (Å²) in [6.07, 6.45) is 0. The van der Waals surface area contributed by atoms with Crippen LogP contribution in [0.1, 0.15) is 0 Å². The Bertz CT molecular complexity index is 225. The minimum Gasteiger partial charge on any atom is -0.822 e. The fourth-order valence-corrected chi connectivity index (χ4v) is 0. The van der Waals surface area contributed by atoms with Crippen LogP contribution in [-0.4, -0.2) is 23.1 Å². The molecule has 12 nitrogen and oxygen atoms in total. The van der Waals surface area contributed by atoms with Gasteiger partial charge in [-0.2, -0.15) is 23.5 Å². The summed E-state index contributed by atoms with van der Waals surface area (Å²) in [6, 6.07) is 0. The van der Waals surface area contributed by atoms with Crippen molar-refractivity contribution in [2.75, 3.05) is 0 Å². The molecule has 0 fully saturated rings. The molecule has 0 amide bonds. The minimum atomic E-state index is -5.39. The Morgan fingerprint density at radius 2 is 0.550 bits per heavy atom. The zero-order chi connectivity index (χ0) is 13.5. The van der Waals surface area contributed by atoms with Crippen molar-refractivity contribution in [1.82, 2.24) is 0 Å². The summed E-state index contributed by atoms with van der Waals surface area (Å²) in [6.45, 7) is 0. The predicted molar refractivity (Wildman–Crippen MR) is 28.6 cm³/mol. The van der Waals surface area contributed by atoms with Gasteiger partial charge in [0.25, 0.3) is 0 Å². The quantitative estimate of drug-likeness (QED) is 0.225. The minimum absolute atomic E-state index is 0. The van der Waals surface area contributed by atoms with Gasteiger partial charge in [-0.3, -0.25) is 0 Å². The van der Waals surface area contributed by atoms with Crippen molar-refractivity contribution in [3.63, 3.8) is 0 Å². The monoisotopic (exact) mass is 491 g/mol. The first-order valence-corrected chi connectivity index (χ1v) is 6.57. The van der Waals surface area contributed by atoms with E-state index in [4.69, 9.17) is 57.7 Å². The number of hydrogen-bond donors (Lipinski definition) is 0. The molecule has 0 bridgehead atoms. The maximum atomic E-state index is 8.55. The first-order chi connectivity index (χ1) is 6.00. The molecule has 0 rings (SSSR count). The molecule has 0 aliphatic heterocycles. The van der Waals surface area contributed by atoms with Gasteiger partial charge < -0.3 is 57.7 Å². The summed E-state index contributed by atoms with van der Waals surface area (Å²) in [5.41, 5.74) is 0. The molecule has 20 heavy (non-hydrogen) atoms. The van der Waals surface area contributed by atoms with E-state index in [0.717, 1.165) is 0 Å². The van der Waals surface area contributed by atoms with E-state index in [0.29, 0.717) is 0 Å². The summed E-state index contributed by atoms with van der Waals surface area (Å²) >= 11 is 0. The van der Waals surface area contributed by atoms with Crippen molar-refractivity contribution < 1.29 is 130 Å². The van der Waals surface area contributed by atoms with E-state index in [-0.39, 0.29) is 95.5 Å². The SMILES string of the molecule is O=P([O-])([O-])[O-].O=P([O-])([O-])[O-].O=P([O-])([O-])[O-].[Fe+2].[Li+].[Mg+2].[Mn+2].[Zn+2]. The Hall–Kier alpha value is 3.36. The van der Waals surface area contributed by atoms with Gasteiger partial charge >= 0.3 is 95.5 Å². The molecule has 0 N–H and O–H groups in total. The third-order valence-corrected chi connectivity index (χ3v) is 0. The fourth-order valence-electron chi connectivity index (χ4n) is 0. The van der Waals surface area contributed by atoms with Crippen LogP contribution in [0.25, 0.3) is 0 Å². The van der Waals surface area contributed by atoms with E-state index in [9.17, 15) is 0 Å². The Morgan fingerprint density at radius 1 is 0.550 bits per heavy atom. The fraction of sp³-hybridized carbons (Fsp3) is 0. The van der Waals surface area contributed by atoms with Crippen LogP contribution in [0.15, 0.2) is 0 Å². The second-order valence-corrected chi connectivity index (χ2v) is 4.02. The average molecular weight is 492 g/mol. The zero-order valence-electron chi connectivity index (χ0n) is 9.39. The molecular formula is FeLiMgMnO12P3Zn. The Kier molecular flexibility index (Phi) is 55.3. The van der Waals surface area contributed by atoms with Crippen LogP contribution in [0, 0.1) is 0 Å². The number of rotatable bonds is 0. The topological polar surface area (TPSA) is 259 Å². The maximum absolute atomic E-state index is 8.55. The van der Waals surface area contributed by atoms with E-state index >= 15 is 0 Å². The van der Waals surface area contributed by atoms with Gasteiger partial charge in [-0.15, -0.1) is 0 Å². The van der Waals surface area contributed by atoms with Crippen molar-refractivity contribution in [3.8, 4) is 0 Å². The van der Waals surface area contributed by atoms with Crippen LogP contribution >= 0.6 is 23.5 Å². The van der Waals surface area contributed by atoms with Crippen LogP contribution in [0.2, 0.25) is 0 Å². The molecule has 0 aromatic heterocycles. The molecule has 0 unspecified atom stereocenters. The molecule has 0 heterocycles. The number of phosphoric acid groups is 3. The molecule has 0 aromatic carbocycles. The molecule has 0 aliphatic rings. The van der Waals surface area contributed by atoms with Gasteiger partial charge in [-0.05, 0) is 0 Å². The van der Waals surface area contributed by atoms with Crippen LogP contribution in [0.3, 0.4) is 0 Å². The van der Waals surface area contributed by atoms with Gasteiger partial charge in [-0.1, -0.05) is 0 Å². The molecule has 0 aliphatic carbocycles. The van der Waals surface area contributed by atoms with Gasteiger partial charge in [0.1, 0.15) is 0 Å². The second-order valence-electron chi connectivity index (χ2n) is 1.34. The molecule has 107 valence electrons.